The average Bonchev–Trinajstić information content (AvgIpc) is 2.18. The van der Waals surface area contributed by atoms with Crippen molar-refractivity contribution in [1.82, 2.24) is 0 Å². The highest BCUT2D eigenvalue weighted by atomic mass is 16.5. The molecule has 0 aromatic rings. The van der Waals surface area contributed by atoms with Crippen molar-refractivity contribution in [3.8, 4) is 0 Å². The fourth-order valence-corrected chi connectivity index (χ4v) is 2.13. The molecule has 0 N–H and O–H groups in total. The van der Waals surface area contributed by atoms with Gasteiger partial charge >= 0.3 is 0 Å². The van der Waals surface area contributed by atoms with Crippen LogP contribution in [0.1, 0.15) is 46.0 Å². The Kier molecular flexibility index (Phi) is 5.49. The maximum absolute atomic E-state index is 5.57. The van der Waals surface area contributed by atoms with Gasteiger partial charge in [-0.25, -0.2) is 0 Å². The van der Waals surface area contributed by atoms with Gasteiger partial charge in [0.15, 0.2) is 0 Å². The number of hydrogen-bond donors (Lipinski definition) is 0. The molecule has 1 fully saturated rings. The summed E-state index contributed by atoms with van der Waals surface area (Å²) in [6.45, 7) is 5.13. The van der Waals surface area contributed by atoms with E-state index in [2.05, 4.69) is 13.8 Å². The maximum atomic E-state index is 5.57. The first-order chi connectivity index (χ1) is 6.72. The zero-order chi connectivity index (χ0) is 10.4. The predicted octanol–water partition coefficient (Wildman–Crippen LogP) is 3.01. The van der Waals surface area contributed by atoms with Crippen LogP contribution in [0.25, 0.3) is 0 Å². The molecule has 0 bridgehead atoms. The first-order valence-electron chi connectivity index (χ1n) is 5.86. The Morgan fingerprint density at radius 2 is 1.79 bits per heavy atom. The summed E-state index contributed by atoms with van der Waals surface area (Å²) in [5.41, 5.74) is 0. The molecule has 0 unspecified atom stereocenters. The summed E-state index contributed by atoms with van der Waals surface area (Å²) in [6.07, 6.45) is 7.25. The Hall–Kier alpha value is -0.0800. The van der Waals surface area contributed by atoms with Crippen molar-refractivity contribution in [1.29, 1.82) is 0 Å². The molecular formula is C12H24O2. The first-order valence-corrected chi connectivity index (χ1v) is 5.86. The molecule has 2 heteroatoms. The minimum atomic E-state index is 0.380. The van der Waals surface area contributed by atoms with Gasteiger partial charge in [0, 0.05) is 13.7 Å². The minimum Gasteiger partial charge on any atom is -0.381 e. The molecule has 0 amide bonds. The highest BCUT2D eigenvalue weighted by molar-refractivity contribution is 4.72. The average molecular weight is 200 g/mol. The molecule has 1 rings (SSSR count). The third kappa shape index (κ3) is 4.43. The van der Waals surface area contributed by atoms with Gasteiger partial charge < -0.3 is 9.47 Å². The molecule has 0 saturated heterocycles. The molecular weight excluding hydrogens is 176 g/mol. The summed E-state index contributed by atoms with van der Waals surface area (Å²) in [5, 5.41) is 0. The monoisotopic (exact) mass is 200 g/mol. The molecule has 0 aromatic heterocycles. The lowest BCUT2D eigenvalue weighted by atomic mass is 9.85. The first kappa shape index (κ1) is 12.0. The van der Waals surface area contributed by atoms with E-state index in [0.717, 1.165) is 12.5 Å². The van der Waals surface area contributed by atoms with Crippen molar-refractivity contribution in [3.63, 3.8) is 0 Å². The molecule has 1 aliphatic carbocycles. The van der Waals surface area contributed by atoms with Crippen molar-refractivity contribution < 1.29 is 9.47 Å². The second-order valence-electron chi connectivity index (χ2n) is 4.59. The van der Waals surface area contributed by atoms with Crippen LogP contribution in [-0.4, -0.2) is 25.9 Å². The second kappa shape index (κ2) is 6.41. The Labute approximate surface area is 88.0 Å². The predicted molar refractivity (Wildman–Crippen MR) is 58.5 cm³/mol. The van der Waals surface area contributed by atoms with Gasteiger partial charge in [0.1, 0.15) is 0 Å². The molecule has 0 atom stereocenters. The fraction of sp³-hybridized carbons (Fsp3) is 1.00. The third-order valence-corrected chi connectivity index (χ3v) is 3.10. The lowest BCUT2D eigenvalue weighted by molar-refractivity contribution is 0.0363. The smallest absolute Gasteiger partial charge is 0.0571 e. The fourth-order valence-electron chi connectivity index (χ4n) is 2.13. The van der Waals surface area contributed by atoms with Crippen molar-refractivity contribution in [2.24, 2.45) is 5.92 Å². The second-order valence-corrected chi connectivity index (χ2v) is 4.59. The standard InChI is InChI=1S/C12H24O2/c1-10(2)14-9-8-11-4-6-12(13-3)7-5-11/h10-12H,4-9H2,1-3H3/t11-,12-. The molecule has 0 aromatic carbocycles. The molecule has 0 radical (unpaired) electrons. The molecule has 2 nitrogen and oxygen atoms in total. The zero-order valence-electron chi connectivity index (χ0n) is 9.79. The van der Waals surface area contributed by atoms with Crippen molar-refractivity contribution in [3.05, 3.63) is 0 Å². The van der Waals surface area contributed by atoms with Gasteiger partial charge in [-0.05, 0) is 51.9 Å². The van der Waals surface area contributed by atoms with E-state index in [1.807, 2.05) is 7.11 Å². The summed E-state index contributed by atoms with van der Waals surface area (Å²) < 4.78 is 10.9. The molecule has 1 saturated carbocycles. The Morgan fingerprint density at radius 3 is 2.29 bits per heavy atom. The van der Waals surface area contributed by atoms with E-state index in [1.165, 1.54) is 32.1 Å². The van der Waals surface area contributed by atoms with Crippen LogP contribution in [0.15, 0.2) is 0 Å². The highest BCUT2D eigenvalue weighted by Gasteiger charge is 2.20. The highest BCUT2D eigenvalue weighted by Crippen LogP contribution is 2.28. The van der Waals surface area contributed by atoms with Crippen LogP contribution in [0.5, 0.6) is 0 Å². The van der Waals surface area contributed by atoms with Crippen LogP contribution in [0, 0.1) is 5.92 Å². The van der Waals surface area contributed by atoms with Crippen molar-refractivity contribution in [2.75, 3.05) is 13.7 Å². The van der Waals surface area contributed by atoms with Gasteiger partial charge in [-0.2, -0.15) is 0 Å². The summed E-state index contributed by atoms with van der Waals surface area (Å²) in [5.74, 6) is 0.875. The summed E-state index contributed by atoms with van der Waals surface area (Å²) in [6, 6.07) is 0. The summed E-state index contributed by atoms with van der Waals surface area (Å²) >= 11 is 0. The van der Waals surface area contributed by atoms with E-state index in [1.54, 1.807) is 0 Å². The van der Waals surface area contributed by atoms with Gasteiger partial charge in [-0.15, -0.1) is 0 Å². The number of methoxy groups -OCH3 is 1. The Balaban J connectivity index is 2.04. The Bertz CT molecular complexity index is 137. The van der Waals surface area contributed by atoms with Crippen LogP contribution in [0.4, 0.5) is 0 Å². The summed E-state index contributed by atoms with van der Waals surface area (Å²) in [4.78, 5) is 0. The molecule has 14 heavy (non-hydrogen) atoms. The van der Waals surface area contributed by atoms with Gasteiger partial charge in [0.2, 0.25) is 0 Å². The van der Waals surface area contributed by atoms with E-state index in [-0.39, 0.29) is 0 Å². The molecule has 0 spiro atoms. The van der Waals surface area contributed by atoms with Crippen molar-refractivity contribution in [2.45, 2.75) is 58.2 Å². The largest absolute Gasteiger partial charge is 0.381 e. The number of rotatable bonds is 5. The van der Waals surface area contributed by atoms with Gasteiger partial charge in [-0.3, -0.25) is 0 Å². The lowest BCUT2D eigenvalue weighted by Gasteiger charge is -2.27. The van der Waals surface area contributed by atoms with Crippen LogP contribution in [0.3, 0.4) is 0 Å². The topological polar surface area (TPSA) is 18.5 Å². The van der Waals surface area contributed by atoms with E-state index < -0.39 is 0 Å². The number of ether oxygens (including phenoxy) is 2. The number of hydrogen-bond acceptors (Lipinski definition) is 2. The molecule has 0 heterocycles. The quantitative estimate of drug-likeness (QED) is 0.679. The van der Waals surface area contributed by atoms with Crippen LogP contribution < -0.4 is 0 Å². The Morgan fingerprint density at radius 1 is 1.14 bits per heavy atom. The zero-order valence-corrected chi connectivity index (χ0v) is 9.79. The van der Waals surface area contributed by atoms with Gasteiger partial charge in [-0.1, -0.05) is 0 Å². The van der Waals surface area contributed by atoms with E-state index in [4.69, 9.17) is 9.47 Å². The molecule has 0 aliphatic heterocycles. The molecule has 84 valence electrons. The van der Waals surface area contributed by atoms with Crippen LogP contribution >= 0.6 is 0 Å². The summed E-state index contributed by atoms with van der Waals surface area (Å²) in [7, 11) is 1.83. The van der Waals surface area contributed by atoms with E-state index in [9.17, 15) is 0 Å². The lowest BCUT2D eigenvalue weighted by Crippen LogP contribution is -2.21. The SMILES string of the molecule is CO[C@H]1CC[C@H](CCOC(C)C)CC1. The normalized spacial score (nSPS) is 28.3. The van der Waals surface area contributed by atoms with E-state index in [0.29, 0.717) is 12.2 Å². The van der Waals surface area contributed by atoms with E-state index >= 15 is 0 Å². The van der Waals surface area contributed by atoms with Gasteiger partial charge in [0.05, 0.1) is 12.2 Å². The van der Waals surface area contributed by atoms with Crippen molar-refractivity contribution >= 4 is 0 Å². The van der Waals surface area contributed by atoms with Crippen LogP contribution in [0.2, 0.25) is 0 Å². The molecule has 1 aliphatic rings. The third-order valence-electron chi connectivity index (χ3n) is 3.10. The maximum Gasteiger partial charge on any atom is 0.0571 e. The minimum absolute atomic E-state index is 0.380. The van der Waals surface area contributed by atoms with Gasteiger partial charge in [0.25, 0.3) is 0 Å². The van der Waals surface area contributed by atoms with Crippen LogP contribution in [-0.2, 0) is 9.47 Å².